The minimum Gasteiger partial charge on any atom is -0.352 e. The van der Waals surface area contributed by atoms with Gasteiger partial charge in [-0.05, 0) is 57.1 Å². The van der Waals surface area contributed by atoms with Gasteiger partial charge >= 0.3 is 0 Å². The average Bonchev–Trinajstić information content (AvgIpc) is 2.55. The maximum Gasteiger partial charge on any atom is 0.223 e. The number of rotatable bonds is 6. The van der Waals surface area contributed by atoms with Crippen LogP contribution in [0.25, 0.3) is 0 Å². The predicted molar refractivity (Wildman–Crippen MR) is 109 cm³/mol. The molecule has 3 N–H and O–H groups in total. The molecule has 0 aliphatic heterocycles. The minimum atomic E-state index is 0. The van der Waals surface area contributed by atoms with Crippen molar-refractivity contribution in [3.63, 3.8) is 0 Å². The lowest BCUT2D eigenvalue weighted by Gasteiger charge is -2.43. The molecule has 2 saturated carbocycles. The van der Waals surface area contributed by atoms with Gasteiger partial charge in [0.2, 0.25) is 5.91 Å². The number of amides is 1. The van der Waals surface area contributed by atoms with Gasteiger partial charge < -0.3 is 16.0 Å². The summed E-state index contributed by atoms with van der Waals surface area (Å²) >= 11 is 0. The Kier molecular flexibility index (Phi) is 7.93. The van der Waals surface area contributed by atoms with Crippen LogP contribution in [0, 0.1) is 17.8 Å². The first-order valence-electron chi connectivity index (χ1n) is 9.81. The smallest absolute Gasteiger partial charge is 0.223 e. The fourth-order valence-electron chi connectivity index (χ4n) is 4.84. The summed E-state index contributed by atoms with van der Waals surface area (Å²) in [7, 11) is 2.11. The van der Waals surface area contributed by atoms with Gasteiger partial charge in [-0.3, -0.25) is 4.79 Å². The van der Waals surface area contributed by atoms with E-state index in [0.717, 1.165) is 25.9 Å². The van der Waals surface area contributed by atoms with Crippen LogP contribution >= 0.6 is 12.4 Å². The van der Waals surface area contributed by atoms with Crippen LogP contribution < -0.4 is 11.1 Å². The van der Waals surface area contributed by atoms with E-state index in [0.29, 0.717) is 17.9 Å². The molecule has 0 radical (unpaired) electrons. The zero-order chi connectivity index (χ0) is 17.8. The highest BCUT2D eigenvalue weighted by Gasteiger charge is 2.40. The maximum atomic E-state index is 12.7. The summed E-state index contributed by atoms with van der Waals surface area (Å²) < 4.78 is 0. The third-order valence-electron chi connectivity index (χ3n) is 6.05. The van der Waals surface area contributed by atoms with Crippen LogP contribution in [0.15, 0.2) is 30.3 Å². The highest BCUT2D eigenvalue weighted by Crippen LogP contribution is 2.41. The molecule has 146 valence electrons. The van der Waals surface area contributed by atoms with Gasteiger partial charge in [0.25, 0.3) is 0 Å². The minimum absolute atomic E-state index is 0. The Morgan fingerprint density at radius 1 is 1.23 bits per heavy atom. The van der Waals surface area contributed by atoms with Crippen LogP contribution in [0.3, 0.4) is 0 Å². The van der Waals surface area contributed by atoms with Crippen LogP contribution in [-0.4, -0.2) is 36.5 Å². The van der Waals surface area contributed by atoms with Gasteiger partial charge in [0.15, 0.2) is 0 Å². The Labute approximate surface area is 164 Å². The Bertz CT molecular complexity index is 554. The van der Waals surface area contributed by atoms with Crippen molar-refractivity contribution in [2.75, 3.05) is 13.6 Å². The van der Waals surface area contributed by atoms with E-state index >= 15 is 0 Å². The number of benzene rings is 1. The quantitative estimate of drug-likeness (QED) is 0.797. The summed E-state index contributed by atoms with van der Waals surface area (Å²) in [5, 5.41) is 3.25. The standard InChI is InChI=1S/C21H33N3O.ClH/c1-15(13-24(2)14-16-7-4-3-5-8-16)23-21(25)19-11-17-9-6-10-18(12-19)20(17)22;/h3-5,7-8,15,17-20H,6,9-14,22H2,1-2H3,(H,23,25);1H. The second-order valence-electron chi connectivity index (χ2n) is 8.29. The molecule has 2 aliphatic rings. The molecule has 0 saturated heterocycles. The summed E-state index contributed by atoms with van der Waals surface area (Å²) in [5.41, 5.74) is 7.65. The van der Waals surface area contributed by atoms with Crippen LogP contribution in [0.2, 0.25) is 0 Å². The number of fused-ring (bicyclic) bond motifs is 2. The molecular weight excluding hydrogens is 346 g/mol. The number of hydrogen-bond acceptors (Lipinski definition) is 3. The summed E-state index contributed by atoms with van der Waals surface area (Å²) in [5.74, 6) is 1.51. The summed E-state index contributed by atoms with van der Waals surface area (Å²) in [4.78, 5) is 15.0. The zero-order valence-electron chi connectivity index (χ0n) is 16.1. The van der Waals surface area contributed by atoms with Crippen molar-refractivity contribution < 1.29 is 4.79 Å². The molecule has 1 amide bonds. The van der Waals surface area contributed by atoms with Crippen LogP contribution in [0.5, 0.6) is 0 Å². The molecule has 3 atom stereocenters. The topological polar surface area (TPSA) is 58.4 Å². The second-order valence-corrected chi connectivity index (χ2v) is 8.29. The maximum absolute atomic E-state index is 12.7. The van der Waals surface area contributed by atoms with Crippen molar-refractivity contribution in [2.24, 2.45) is 23.5 Å². The van der Waals surface area contributed by atoms with E-state index in [-0.39, 0.29) is 30.3 Å². The van der Waals surface area contributed by atoms with E-state index in [1.54, 1.807) is 0 Å². The molecule has 0 spiro atoms. The highest BCUT2D eigenvalue weighted by atomic mass is 35.5. The molecule has 26 heavy (non-hydrogen) atoms. The van der Waals surface area contributed by atoms with Crippen LogP contribution in [0.4, 0.5) is 0 Å². The number of nitrogens with zero attached hydrogens (tertiary/aromatic N) is 1. The molecule has 0 heterocycles. The molecule has 2 fully saturated rings. The third kappa shape index (κ3) is 5.45. The van der Waals surface area contributed by atoms with E-state index in [4.69, 9.17) is 5.73 Å². The van der Waals surface area contributed by atoms with Crippen molar-refractivity contribution in [3.05, 3.63) is 35.9 Å². The van der Waals surface area contributed by atoms with E-state index in [2.05, 4.69) is 48.5 Å². The Hall–Kier alpha value is -1.10. The van der Waals surface area contributed by atoms with Crippen molar-refractivity contribution in [1.29, 1.82) is 0 Å². The Morgan fingerprint density at radius 2 is 1.85 bits per heavy atom. The van der Waals surface area contributed by atoms with Gasteiger partial charge in [0, 0.05) is 31.1 Å². The van der Waals surface area contributed by atoms with E-state index in [1.165, 1.54) is 24.8 Å². The average molecular weight is 380 g/mol. The summed E-state index contributed by atoms with van der Waals surface area (Å²) in [6.45, 7) is 3.87. The molecule has 1 aromatic carbocycles. The van der Waals surface area contributed by atoms with Gasteiger partial charge in [-0.15, -0.1) is 12.4 Å². The molecule has 1 aromatic rings. The van der Waals surface area contributed by atoms with Gasteiger partial charge in [0.05, 0.1) is 0 Å². The zero-order valence-corrected chi connectivity index (χ0v) is 16.9. The van der Waals surface area contributed by atoms with E-state index < -0.39 is 0 Å². The molecule has 2 aliphatic carbocycles. The molecule has 4 nitrogen and oxygen atoms in total. The number of halogens is 1. The number of carbonyl (C=O) groups excluding carboxylic acids is 1. The summed E-state index contributed by atoms with van der Waals surface area (Å²) in [6, 6.07) is 11.0. The first kappa shape index (κ1) is 21.2. The van der Waals surface area contributed by atoms with Gasteiger partial charge in [-0.2, -0.15) is 0 Å². The summed E-state index contributed by atoms with van der Waals surface area (Å²) in [6.07, 6.45) is 5.66. The van der Waals surface area contributed by atoms with Crippen molar-refractivity contribution in [3.8, 4) is 0 Å². The predicted octanol–water partition coefficient (Wildman–Crippen LogP) is 3.20. The first-order valence-corrected chi connectivity index (χ1v) is 9.81. The molecule has 3 rings (SSSR count). The van der Waals surface area contributed by atoms with Crippen LogP contribution in [-0.2, 0) is 11.3 Å². The molecular formula is C21H34ClN3O. The van der Waals surface area contributed by atoms with Crippen molar-refractivity contribution >= 4 is 18.3 Å². The molecule has 2 bridgehead atoms. The Balaban J connectivity index is 0.00000243. The number of nitrogens with one attached hydrogen (secondary N) is 1. The number of nitrogens with two attached hydrogens (primary N) is 1. The van der Waals surface area contributed by atoms with Gasteiger partial charge in [0.1, 0.15) is 0 Å². The monoisotopic (exact) mass is 379 g/mol. The molecule has 0 aromatic heterocycles. The first-order chi connectivity index (χ1) is 12.0. The Morgan fingerprint density at radius 3 is 2.46 bits per heavy atom. The third-order valence-corrected chi connectivity index (χ3v) is 6.05. The normalized spacial score (nSPS) is 28.9. The molecule has 5 heteroatoms. The van der Waals surface area contributed by atoms with Crippen molar-refractivity contribution in [1.82, 2.24) is 10.2 Å². The lowest BCUT2D eigenvalue weighted by Crippen LogP contribution is -2.50. The van der Waals surface area contributed by atoms with Gasteiger partial charge in [-0.1, -0.05) is 36.8 Å². The van der Waals surface area contributed by atoms with E-state index in [1.807, 2.05) is 6.07 Å². The lowest BCUT2D eigenvalue weighted by molar-refractivity contribution is -0.128. The number of carbonyl (C=O) groups is 1. The fourth-order valence-corrected chi connectivity index (χ4v) is 4.84. The van der Waals surface area contributed by atoms with Crippen molar-refractivity contribution in [2.45, 2.75) is 57.7 Å². The highest BCUT2D eigenvalue weighted by molar-refractivity contribution is 5.85. The number of likely N-dealkylation sites (N-methyl/N-ethyl adjacent to an activating group) is 1. The SMILES string of the molecule is CC(CN(C)Cc1ccccc1)NC(=O)C1CC2CCCC(C1)C2N.Cl. The van der Waals surface area contributed by atoms with Crippen LogP contribution in [0.1, 0.15) is 44.6 Å². The van der Waals surface area contributed by atoms with Gasteiger partial charge in [-0.25, -0.2) is 0 Å². The van der Waals surface area contributed by atoms with E-state index in [9.17, 15) is 4.79 Å². The largest absolute Gasteiger partial charge is 0.352 e. The lowest BCUT2D eigenvalue weighted by atomic mass is 9.65. The fraction of sp³-hybridized carbons (Fsp3) is 0.667. The number of hydrogen-bond donors (Lipinski definition) is 2. The second kappa shape index (κ2) is 9.72. The molecule has 3 unspecified atom stereocenters.